The molecular formula is C12H20ClN3O. The van der Waals surface area contributed by atoms with Crippen molar-refractivity contribution in [3.8, 4) is 5.75 Å². The van der Waals surface area contributed by atoms with E-state index in [9.17, 15) is 5.11 Å². The number of halogens is 1. The van der Waals surface area contributed by atoms with Crippen molar-refractivity contribution in [1.29, 1.82) is 0 Å². The third-order valence-electron chi connectivity index (χ3n) is 2.90. The van der Waals surface area contributed by atoms with Gasteiger partial charge in [0.15, 0.2) is 0 Å². The SMILES string of the molecule is Cc1ccc(O)c(CN2CCCNCC2)n1.Cl. The van der Waals surface area contributed by atoms with Gasteiger partial charge in [-0.15, -0.1) is 12.4 Å². The Labute approximate surface area is 108 Å². The highest BCUT2D eigenvalue weighted by Crippen LogP contribution is 2.16. The van der Waals surface area contributed by atoms with E-state index in [1.807, 2.05) is 13.0 Å². The summed E-state index contributed by atoms with van der Waals surface area (Å²) in [4.78, 5) is 6.72. The molecule has 5 heteroatoms. The Hall–Kier alpha value is -0.840. The van der Waals surface area contributed by atoms with E-state index < -0.39 is 0 Å². The molecule has 0 amide bonds. The summed E-state index contributed by atoms with van der Waals surface area (Å²) in [6.07, 6.45) is 1.16. The Balaban J connectivity index is 0.00000144. The van der Waals surface area contributed by atoms with E-state index >= 15 is 0 Å². The molecule has 17 heavy (non-hydrogen) atoms. The van der Waals surface area contributed by atoms with Crippen molar-refractivity contribution in [3.05, 3.63) is 23.5 Å². The number of nitrogens with zero attached hydrogens (tertiary/aromatic N) is 2. The van der Waals surface area contributed by atoms with Gasteiger partial charge in [-0.1, -0.05) is 0 Å². The first-order chi connectivity index (χ1) is 7.75. The van der Waals surface area contributed by atoms with Crippen molar-refractivity contribution in [3.63, 3.8) is 0 Å². The molecule has 0 aromatic carbocycles. The van der Waals surface area contributed by atoms with Crippen molar-refractivity contribution in [2.75, 3.05) is 26.2 Å². The quantitative estimate of drug-likeness (QED) is 0.839. The summed E-state index contributed by atoms with van der Waals surface area (Å²) < 4.78 is 0. The molecule has 1 aliphatic rings. The number of aromatic hydroxyl groups is 1. The molecule has 0 radical (unpaired) electrons. The van der Waals surface area contributed by atoms with Crippen LogP contribution in [0.15, 0.2) is 12.1 Å². The maximum absolute atomic E-state index is 9.73. The molecule has 0 saturated carbocycles. The van der Waals surface area contributed by atoms with Crippen molar-refractivity contribution in [2.45, 2.75) is 19.9 Å². The second-order valence-corrected chi connectivity index (χ2v) is 4.30. The molecule has 1 saturated heterocycles. The number of aromatic nitrogens is 1. The minimum atomic E-state index is 0. The molecule has 1 aromatic rings. The summed E-state index contributed by atoms with van der Waals surface area (Å²) in [6.45, 7) is 6.90. The van der Waals surface area contributed by atoms with Crippen LogP contribution in [0.3, 0.4) is 0 Å². The summed E-state index contributed by atoms with van der Waals surface area (Å²) in [5, 5.41) is 13.1. The smallest absolute Gasteiger partial charge is 0.138 e. The van der Waals surface area contributed by atoms with Gasteiger partial charge in [0.05, 0.1) is 5.69 Å². The first-order valence-electron chi connectivity index (χ1n) is 5.84. The van der Waals surface area contributed by atoms with E-state index in [0.717, 1.165) is 50.5 Å². The molecule has 1 aliphatic heterocycles. The molecule has 2 rings (SSSR count). The normalized spacial score (nSPS) is 17.2. The zero-order chi connectivity index (χ0) is 11.4. The summed E-state index contributed by atoms with van der Waals surface area (Å²) in [5.74, 6) is 0.308. The molecule has 0 unspecified atom stereocenters. The molecule has 0 atom stereocenters. The molecule has 4 nitrogen and oxygen atoms in total. The molecule has 2 N–H and O–H groups in total. The second-order valence-electron chi connectivity index (χ2n) is 4.30. The van der Waals surface area contributed by atoms with Crippen LogP contribution in [0, 0.1) is 6.92 Å². The molecule has 96 valence electrons. The van der Waals surface area contributed by atoms with E-state index in [0.29, 0.717) is 5.75 Å². The van der Waals surface area contributed by atoms with E-state index in [1.165, 1.54) is 0 Å². The summed E-state index contributed by atoms with van der Waals surface area (Å²) >= 11 is 0. The minimum Gasteiger partial charge on any atom is -0.506 e. The van der Waals surface area contributed by atoms with Gasteiger partial charge in [-0.3, -0.25) is 9.88 Å². The van der Waals surface area contributed by atoms with Crippen LogP contribution in [0.25, 0.3) is 0 Å². The lowest BCUT2D eigenvalue weighted by Crippen LogP contribution is -2.28. The van der Waals surface area contributed by atoms with Gasteiger partial charge >= 0.3 is 0 Å². The van der Waals surface area contributed by atoms with E-state index in [4.69, 9.17) is 0 Å². The van der Waals surface area contributed by atoms with Crippen LogP contribution in [0.5, 0.6) is 5.75 Å². The van der Waals surface area contributed by atoms with Gasteiger partial charge in [0.2, 0.25) is 0 Å². The number of hydrogen-bond donors (Lipinski definition) is 2. The van der Waals surface area contributed by atoms with Gasteiger partial charge in [0.25, 0.3) is 0 Å². The molecule has 0 aliphatic carbocycles. The highest BCUT2D eigenvalue weighted by Gasteiger charge is 2.12. The zero-order valence-electron chi connectivity index (χ0n) is 10.1. The second kappa shape index (κ2) is 6.79. The lowest BCUT2D eigenvalue weighted by atomic mass is 10.2. The topological polar surface area (TPSA) is 48.4 Å². The average Bonchev–Trinajstić information content (AvgIpc) is 2.52. The maximum atomic E-state index is 9.73. The van der Waals surface area contributed by atoms with Crippen molar-refractivity contribution in [2.24, 2.45) is 0 Å². The minimum absolute atomic E-state index is 0. The lowest BCUT2D eigenvalue weighted by molar-refractivity contribution is 0.276. The van der Waals surface area contributed by atoms with Gasteiger partial charge in [-0.05, 0) is 38.6 Å². The molecule has 0 spiro atoms. The average molecular weight is 258 g/mol. The van der Waals surface area contributed by atoms with Gasteiger partial charge in [0.1, 0.15) is 5.75 Å². The predicted molar refractivity (Wildman–Crippen MR) is 70.7 cm³/mol. The maximum Gasteiger partial charge on any atom is 0.138 e. The zero-order valence-corrected chi connectivity index (χ0v) is 11.0. The Bertz CT molecular complexity index is 352. The highest BCUT2D eigenvalue weighted by molar-refractivity contribution is 5.85. The van der Waals surface area contributed by atoms with Crippen LogP contribution in [-0.2, 0) is 6.54 Å². The van der Waals surface area contributed by atoms with Gasteiger partial charge < -0.3 is 10.4 Å². The molecule has 0 bridgehead atoms. The van der Waals surface area contributed by atoms with Crippen LogP contribution in [0.4, 0.5) is 0 Å². The number of pyridine rings is 1. The van der Waals surface area contributed by atoms with Crippen LogP contribution in [0.1, 0.15) is 17.8 Å². The first kappa shape index (κ1) is 14.2. The molecular weight excluding hydrogens is 238 g/mol. The number of nitrogens with one attached hydrogen (secondary N) is 1. The molecule has 2 heterocycles. The Morgan fingerprint density at radius 1 is 1.35 bits per heavy atom. The Morgan fingerprint density at radius 2 is 2.18 bits per heavy atom. The van der Waals surface area contributed by atoms with Gasteiger partial charge in [-0.25, -0.2) is 0 Å². The summed E-state index contributed by atoms with van der Waals surface area (Å²) in [5.41, 5.74) is 1.75. The fourth-order valence-electron chi connectivity index (χ4n) is 1.99. The van der Waals surface area contributed by atoms with Crippen LogP contribution >= 0.6 is 12.4 Å². The lowest BCUT2D eigenvalue weighted by Gasteiger charge is -2.19. The largest absolute Gasteiger partial charge is 0.506 e. The fraction of sp³-hybridized carbons (Fsp3) is 0.583. The van der Waals surface area contributed by atoms with Crippen molar-refractivity contribution >= 4 is 12.4 Å². The van der Waals surface area contributed by atoms with Gasteiger partial charge in [0, 0.05) is 25.3 Å². The Morgan fingerprint density at radius 3 is 3.00 bits per heavy atom. The van der Waals surface area contributed by atoms with Crippen molar-refractivity contribution < 1.29 is 5.11 Å². The first-order valence-corrected chi connectivity index (χ1v) is 5.84. The number of hydrogen-bond acceptors (Lipinski definition) is 4. The monoisotopic (exact) mass is 257 g/mol. The fourth-order valence-corrected chi connectivity index (χ4v) is 1.99. The number of aryl methyl sites for hydroxylation is 1. The van der Waals surface area contributed by atoms with E-state index in [2.05, 4.69) is 15.2 Å². The van der Waals surface area contributed by atoms with Crippen LogP contribution in [-0.4, -0.2) is 41.2 Å². The molecule has 1 aromatic heterocycles. The Kier molecular flexibility index (Phi) is 5.68. The van der Waals surface area contributed by atoms with Gasteiger partial charge in [-0.2, -0.15) is 0 Å². The van der Waals surface area contributed by atoms with Crippen LogP contribution < -0.4 is 5.32 Å². The third-order valence-corrected chi connectivity index (χ3v) is 2.90. The molecule has 1 fully saturated rings. The number of rotatable bonds is 2. The van der Waals surface area contributed by atoms with Crippen molar-refractivity contribution in [1.82, 2.24) is 15.2 Å². The highest BCUT2D eigenvalue weighted by atomic mass is 35.5. The van der Waals surface area contributed by atoms with Crippen LogP contribution in [0.2, 0.25) is 0 Å². The summed E-state index contributed by atoms with van der Waals surface area (Å²) in [6, 6.07) is 3.57. The van der Waals surface area contributed by atoms with E-state index in [1.54, 1.807) is 6.07 Å². The summed E-state index contributed by atoms with van der Waals surface area (Å²) in [7, 11) is 0. The standard InChI is InChI=1S/C12H19N3O.ClH/c1-10-3-4-12(16)11(14-10)9-15-7-2-5-13-6-8-15;/h3-4,13,16H,2,5-9H2,1H3;1H. The predicted octanol–water partition coefficient (Wildman–Crippen LogP) is 1.31. The van der Waals surface area contributed by atoms with E-state index in [-0.39, 0.29) is 12.4 Å². The third kappa shape index (κ3) is 4.15.